The van der Waals surface area contributed by atoms with Crippen LogP contribution in [0.1, 0.15) is 12.5 Å². The summed E-state index contributed by atoms with van der Waals surface area (Å²) in [6, 6.07) is 0. The molecule has 7 N–H and O–H groups in total. The van der Waals surface area contributed by atoms with Gasteiger partial charge < -0.3 is 45.1 Å². The molecule has 4 aromatic rings. The van der Waals surface area contributed by atoms with Gasteiger partial charge in [0.05, 0.1) is 19.3 Å². The fraction of sp³-hybridized carbons (Fsp3) is 0.500. The fourth-order valence-corrected chi connectivity index (χ4v) is 7.66. The third-order valence-electron chi connectivity index (χ3n) is 7.29. The van der Waals surface area contributed by atoms with Gasteiger partial charge in [0.1, 0.15) is 67.0 Å². The Balaban J connectivity index is 1.17. The molecule has 44 heavy (non-hydrogen) atoms. The molecule has 3 saturated heterocycles. The smallest absolute Gasteiger partial charge is 0.336 e. The van der Waals surface area contributed by atoms with E-state index in [2.05, 4.69) is 34.6 Å². The van der Waals surface area contributed by atoms with Gasteiger partial charge in [0, 0.05) is 6.54 Å². The monoisotopic (exact) mass is 672 g/mol. The summed E-state index contributed by atoms with van der Waals surface area (Å²) < 4.78 is 59.1. The number of nitrogens with two attached hydrogens (primary N) is 2. The summed E-state index contributed by atoms with van der Waals surface area (Å²) in [6.07, 6.45) is -6.44. The van der Waals surface area contributed by atoms with E-state index in [0.717, 1.165) is 0 Å². The number of ether oxygens (including phenoxy) is 2. The molecule has 0 saturated carbocycles. The molecule has 0 aromatic carbocycles. The summed E-state index contributed by atoms with van der Waals surface area (Å²) in [4.78, 5) is 37.5. The molecule has 236 valence electrons. The van der Waals surface area contributed by atoms with Gasteiger partial charge in [-0.15, -0.1) is 0 Å². The Kier molecular flexibility index (Phi) is 7.26. The van der Waals surface area contributed by atoms with Gasteiger partial charge in [0.15, 0.2) is 35.4 Å². The predicted molar refractivity (Wildman–Crippen MR) is 146 cm³/mol. The minimum absolute atomic E-state index is 0.0686. The van der Waals surface area contributed by atoms with Gasteiger partial charge in [0.25, 0.3) is 0 Å². The van der Waals surface area contributed by atoms with Crippen molar-refractivity contribution in [2.24, 2.45) is 0 Å². The number of aromatic nitrogens is 8. The van der Waals surface area contributed by atoms with E-state index in [9.17, 15) is 23.5 Å². The molecule has 3 fully saturated rings. The highest BCUT2D eigenvalue weighted by Gasteiger charge is 2.51. The van der Waals surface area contributed by atoms with Crippen LogP contribution in [0.25, 0.3) is 22.3 Å². The van der Waals surface area contributed by atoms with Crippen molar-refractivity contribution in [2.75, 3.05) is 24.6 Å². The van der Waals surface area contributed by atoms with E-state index < -0.39 is 79.3 Å². The van der Waals surface area contributed by atoms with Gasteiger partial charge >= 0.3 is 10.3 Å². The summed E-state index contributed by atoms with van der Waals surface area (Å²) in [6.45, 7) is -5.59. The maximum absolute atomic E-state index is 13.3. The third-order valence-corrected chi connectivity index (χ3v) is 9.83. The SMILES string of the molecule is Nc1ncnc2c1ncn2[C@@H]1O[C@@H]2CNS(=O)(=O)O[C@H]3[C@@H](O)[C@H](n4cnc5c(N)ncnc54)O[C@@H]3COP([O-])(=S)O[C@H]2[C@H]1O. The van der Waals surface area contributed by atoms with Crippen LogP contribution in [0.2, 0.25) is 0 Å². The molecule has 9 atom stereocenters. The Bertz CT molecular complexity index is 1890. The third kappa shape index (κ3) is 5.09. The number of rotatable bonds is 2. The van der Waals surface area contributed by atoms with Crippen molar-refractivity contribution < 1.29 is 46.2 Å². The highest BCUT2D eigenvalue weighted by atomic mass is 32.5. The van der Waals surface area contributed by atoms with Crippen molar-refractivity contribution in [1.29, 1.82) is 0 Å². The van der Waals surface area contributed by atoms with Crippen molar-refractivity contribution in [2.45, 2.75) is 49.1 Å². The molecule has 7 rings (SSSR count). The van der Waals surface area contributed by atoms with Gasteiger partial charge in [-0.1, -0.05) is 11.8 Å². The van der Waals surface area contributed by atoms with E-state index in [4.69, 9.17) is 46.0 Å². The van der Waals surface area contributed by atoms with Crippen LogP contribution in [0.3, 0.4) is 0 Å². The summed E-state index contributed by atoms with van der Waals surface area (Å²) in [5, 5.41) is 22.3. The van der Waals surface area contributed by atoms with E-state index in [1.165, 1.54) is 34.4 Å². The zero-order valence-corrected chi connectivity index (χ0v) is 24.5. The maximum Gasteiger partial charge on any atom is 0.336 e. The Morgan fingerprint density at radius 1 is 0.909 bits per heavy atom. The minimum Gasteiger partial charge on any atom is -0.780 e. The summed E-state index contributed by atoms with van der Waals surface area (Å²) in [5.74, 6) is 0.146. The van der Waals surface area contributed by atoms with Crippen LogP contribution >= 0.6 is 6.72 Å². The molecule has 1 unspecified atom stereocenters. The number of aliphatic hydroxyl groups is 2. The summed E-state index contributed by atoms with van der Waals surface area (Å²) in [5.41, 5.74) is 12.5. The zero-order valence-electron chi connectivity index (χ0n) is 22.0. The molecule has 0 spiro atoms. The number of fused-ring (bicyclic) bond motifs is 4. The molecule has 4 aromatic heterocycles. The second kappa shape index (κ2) is 10.8. The number of nitrogens with zero attached hydrogens (tertiary/aromatic N) is 8. The maximum atomic E-state index is 13.3. The van der Waals surface area contributed by atoms with Gasteiger partial charge in [-0.3, -0.25) is 9.13 Å². The average molecular weight is 673 g/mol. The van der Waals surface area contributed by atoms with E-state index in [0.29, 0.717) is 0 Å². The number of anilines is 2. The minimum atomic E-state index is -4.62. The Morgan fingerprint density at radius 2 is 1.45 bits per heavy atom. The van der Waals surface area contributed by atoms with Crippen LogP contribution < -0.4 is 21.1 Å². The standard InChI is InChI=1S/C20H24N11O10PS2/c21-15-9-17(25-3-23-15)30(5-27-9)19-11(32)13-7(38-19)1-29-44(35,36)41-14-8(2-37-42(34,43)40-13)39-20(12(14)33)31-6-28-10-16(22)24-4-26-18(10)31/h3-8,11-14,19-20,29,32-33H,1-2H2,(H,34,43)(H2,21,23,25)(H2,22,24,26)/p-1/t7-,8-,11-,12-,13-,14-,19-,20-,42?/m1/s1. The first-order chi connectivity index (χ1) is 20.9. The first-order valence-corrected chi connectivity index (χ1v) is 16.7. The van der Waals surface area contributed by atoms with Gasteiger partial charge in [0.2, 0.25) is 0 Å². The number of aliphatic hydroxyl groups excluding tert-OH is 2. The molecule has 3 aliphatic heterocycles. The lowest BCUT2D eigenvalue weighted by Crippen LogP contribution is -2.46. The van der Waals surface area contributed by atoms with Gasteiger partial charge in [-0.05, 0) is 0 Å². The quantitative estimate of drug-likeness (QED) is 0.129. The predicted octanol–water partition coefficient (Wildman–Crippen LogP) is -3.43. The highest BCUT2D eigenvalue weighted by molar-refractivity contribution is 8.06. The Labute approximate surface area is 251 Å². The fourth-order valence-electron chi connectivity index (χ4n) is 5.27. The van der Waals surface area contributed by atoms with E-state index >= 15 is 0 Å². The van der Waals surface area contributed by atoms with E-state index in [1.807, 2.05) is 0 Å². The van der Waals surface area contributed by atoms with E-state index in [1.54, 1.807) is 0 Å². The van der Waals surface area contributed by atoms with Crippen LogP contribution in [0.5, 0.6) is 0 Å². The second-order valence-corrected chi connectivity index (χ2v) is 14.0. The second-order valence-electron chi connectivity index (χ2n) is 9.95. The van der Waals surface area contributed by atoms with Crippen molar-refractivity contribution in [3.8, 4) is 0 Å². The number of hydrogen-bond donors (Lipinski definition) is 5. The summed E-state index contributed by atoms with van der Waals surface area (Å²) >= 11 is 5.10. The molecule has 24 heteroatoms. The Hall–Kier alpha value is -3.06. The molecule has 0 amide bonds. The van der Waals surface area contributed by atoms with Gasteiger partial charge in [-0.2, -0.15) is 13.1 Å². The normalized spacial score (nSPS) is 36.1. The lowest BCUT2D eigenvalue weighted by Gasteiger charge is -2.34. The van der Waals surface area contributed by atoms with E-state index in [-0.39, 0.29) is 34.0 Å². The van der Waals surface area contributed by atoms with Crippen molar-refractivity contribution in [3.63, 3.8) is 0 Å². The number of nitrogen functional groups attached to an aromatic ring is 2. The lowest BCUT2D eigenvalue weighted by molar-refractivity contribution is -0.217. The largest absolute Gasteiger partial charge is 0.780 e. The van der Waals surface area contributed by atoms with Crippen molar-refractivity contribution in [1.82, 2.24) is 43.8 Å². The molecule has 0 bridgehead atoms. The van der Waals surface area contributed by atoms with Crippen LogP contribution in [0.4, 0.5) is 11.6 Å². The first-order valence-electron chi connectivity index (χ1n) is 12.8. The first kappa shape index (κ1) is 29.6. The molecule has 0 aliphatic carbocycles. The van der Waals surface area contributed by atoms with Crippen LogP contribution in [0.15, 0.2) is 25.3 Å². The van der Waals surface area contributed by atoms with Crippen LogP contribution in [0, 0.1) is 0 Å². The van der Waals surface area contributed by atoms with Crippen molar-refractivity contribution >= 4 is 62.8 Å². The average Bonchev–Trinajstić information content (AvgIpc) is 3.73. The molecule has 0 radical (unpaired) electrons. The zero-order chi connectivity index (χ0) is 31.0. The highest BCUT2D eigenvalue weighted by Crippen LogP contribution is 2.47. The Morgan fingerprint density at radius 3 is 2.05 bits per heavy atom. The number of imidazole rings is 2. The van der Waals surface area contributed by atoms with Crippen LogP contribution in [-0.2, 0) is 44.8 Å². The van der Waals surface area contributed by atoms with Gasteiger partial charge in [-0.25, -0.2) is 34.1 Å². The number of nitrogens with one attached hydrogen (secondary N) is 1. The topological polar surface area (TPSA) is 295 Å². The summed E-state index contributed by atoms with van der Waals surface area (Å²) in [7, 11) is -4.62. The lowest BCUT2D eigenvalue weighted by atomic mass is 10.1. The molecular weight excluding hydrogens is 649 g/mol. The van der Waals surface area contributed by atoms with Crippen molar-refractivity contribution in [3.05, 3.63) is 25.3 Å². The molecule has 3 aliphatic rings. The molecule has 7 heterocycles. The molecule has 21 nitrogen and oxygen atoms in total. The molecular formula is C20H23N11O10PS2-. The van der Waals surface area contributed by atoms with Crippen LogP contribution in [-0.4, -0.2) is 107 Å². The number of hydrogen-bond acceptors (Lipinski definition) is 19.